The van der Waals surface area contributed by atoms with Gasteiger partial charge in [-0.2, -0.15) is 0 Å². The third-order valence-corrected chi connectivity index (χ3v) is 5.01. The molecule has 0 spiro atoms. The van der Waals surface area contributed by atoms with Gasteiger partial charge in [0.2, 0.25) is 5.91 Å². The Hall–Kier alpha value is -1.08. The number of carbonyl (C=O) groups excluding carboxylic acids is 1. The first-order valence-electron chi connectivity index (χ1n) is 8.54. The van der Waals surface area contributed by atoms with Gasteiger partial charge in [0.05, 0.1) is 17.3 Å². The number of ether oxygens (including phenoxy) is 1. The summed E-state index contributed by atoms with van der Waals surface area (Å²) < 4.78 is 5.36. The van der Waals surface area contributed by atoms with Gasteiger partial charge in [-0.1, -0.05) is 0 Å². The van der Waals surface area contributed by atoms with Crippen molar-refractivity contribution in [3.63, 3.8) is 0 Å². The molecule has 142 valence electrons. The predicted molar refractivity (Wildman–Crippen MR) is 105 cm³/mol. The molecule has 8 heteroatoms. The van der Waals surface area contributed by atoms with Crippen LogP contribution in [0, 0.1) is 5.41 Å². The number of anilines is 2. The van der Waals surface area contributed by atoms with Crippen molar-refractivity contribution < 1.29 is 9.53 Å². The Morgan fingerprint density at radius 2 is 1.88 bits per heavy atom. The van der Waals surface area contributed by atoms with Crippen LogP contribution in [0.4, 0.5) is 11.5 Å². The summed E-state index contributed by atoms with van der Waals surface area (Å²) in [6, 6.07) is 3.92. The summed E-state index contributed by atoms with van der Waals surface area (Å²) in [6.45, 7) is 3.67. The van der Waals surface area contributed by atoms with Crippen LogP contribution in [0.3, 0.4) is 0 Å². The number of rotatable bonds is 4. The molecule has 1 aromatic rings. The fourth-order valence-electron chi connectivity index (χ4n) is 3.32. The molecule has 1 amide bonds. The quantitative estimate of drug-likeness (QED) is 0.825. The summed E-state index contributed by atoms with van der Waals surface area (Å²) in [5, 5.41) is 2.98. The molecule has 2 saturated heterocycles. The standard InChI is InChI=1S/C17H26N4O2.2ClH/c18-13-17(6-10-23-11-7-17)16(22)20-14-4-5-15(19-12-14)21-8-2-1-3-9-21;;/h4-5,12H,1-3,6-11,13,18H2,(H,20,22);2*1H. The van der Waals surface area contributed by atoms with E-state index in [0.29, 0.717) is 32.6 Å². The number of piperidine rings is 1. The van der Waals surface area contributed by atoms with Crippen LogP contribution in [0.15, 0.2) is 18.3 Å². The summed E-state index contributed by atoms with van der Waals surface area (Å²) in [5.41, 5.74) is 6.10. The third kappa shape index (κ3) is 5.20. The largest absolute Gasteiger partial charge is 0.381 e. The molecule has 2 fully saturated rings. The average Bonchev–Trinajstić information content (AvgIpc) is 2.63. The van der Waals surface area contributed by atoms with Gasteiger partial charge >= 0.3 is 0 Å². The van der Waals surface area contributed by atoms with Crippen LogP contribution in [0.25, 0.3) is 0 Å². The molecule has 1 aromatic heterocycles. The van der Waals surface area contributed by atoms with E-state index >= 15 is 0 Å². The topological polar surface area (TPSA) is 80.5 Å². The van der Waals surface area contributed by atoms with Crippen molar-refractivity contribution >= 4 is 42.2 Å². The lowest BCUT2D eigenvalue weighted by Gasteiger charge is -2.34. The van der Waals surface area contributed by atoms with Gasteiger partial charge in [0.25, 0.3) is 0 Å². The maximum absolute atomic E-state index is 12.6. The summed E-state index contributed by atoms with van der Waals surface area (Å²) >= 11 is 0. The molecule has 0 aromatic carbocycles. The summed E-state index contributed by atoms with van der Waals surface area (Å²) in [4.78, 5) is 19.4. The molecular formula is C17H28Cl2N4O2. The van der Waals surface area contributed by atoms with Gasteiger partial charge in [0, 0.05) is 32.8 Å². The smallest absolute Gasteiger partial charge is 0.232 e. The highest BCUT2D eigenvalue weighted by Crippen LogP contribution is 2.31. The monoisotopic (exact) mass is 390 g/mol. The van der Waals surface area contributed by atoms with E-state index in [1.807, 2.05) is 12.1 Å². The zero-order chi connectivity index (χ0) is 16.1. The maximum atomic E-state index is 12.6. The lowest BCUT2D eigenvalue weighted by atomic mass is 9.79. The second-order valence-electron chi connectivity index (χ2n) is 6.50. The number of nitrogens with two attached hydrogens (primary N) is 1. The van der Waals surface area contributed by atoms with Gasteiger partial charge in [-0.3, -0.25) is 4.79 Å². The number of hydrogen-bond donors (Lipinski definition) is 2. The van der Waals surface area contributed by atoms with Crippen LogP contribution < -0.4 is 16.0 Å². The van der Waals surface area contributed by atoms with E-state index in [9.17, 15) is 4.79 Å². The van der Waals surface area contributed by atoms with Crippen LogP contribution in [-0.2, 0) is 9.53 Å². The zero-order valence-electron chi connectivity index (χ0n) is 14.4. The number of carbonyl (C=O) groups is 1. The highest BCUT2D eigenvalue weighted by atomic mass is 35.5. The van der Waals surface area contributed by atoms with Crippen molar-refractivity contribution in [2.75, 3.05) is 43.1 Å². The van der Waals surface area contributed by atoms with Crippen molar-refractivity contribution in [2.45, 2.75) is 32.1 Å². The molecule has 0 aliphatic carbocycles. The summed E-state index contributed by atoms with van der Waals surface area (Å²) in [5.74, 6) is 0.970. The van der Waals surface area contributed by atoms with Crippen LogP contribution in [0.1, 0.15) is 32.1 Å². The summed E-state index contributed by atoms with van der Waals surface area (Å²) in [6.07, 6.45) is 6.84. The Labute approximate surface area is 161 Å². The molecule has 3 rings (SSSR count). The maximum Gasteiger partial charge on any atom is 0.232 e. The molecule has 0 unspecified atom stereocenters. The SMILES string of the molecule is Cl.Cl.NCC1(C(=O)Nc2ccc(N3CCCCC3)nc2)CCOCC1. The highest BCUT2D eigenvalue weighted by Gasteiger charge is 2.38. The lowest BCUT2D eigenvalue weighted by molar-refractivity contribution is -0.130. The Morgan fingerprint density at radius 1 is 1.20 bits per heavy atom. The van der Waals surface area contributed by atoms with Gasteiger partial charge in [0.1, 0.15) is 5.82 Å². The van der Waals surface area contributed by atoms with Gasteiger partial charge in [0.15, 0.2) is 0 Å². The number of pyridine rings is 1. The number of nitrogens with zero attached hydrogens (tertiary/aromatic N) is 2. The molecule has 3 N–H and O–H groups in total. The first-order valence-corrected chi connectivity index (χ1v) is 8.54. The number of hydrogen-bond acceptors (Lipinski definition) is 5. The molecular weight excluding hydrogens is 363 g/mol. The molecule has 0 saturated carbocycles. The average molecular weight is 391 g/mol. The summed E-state index contributed by atoms with van der Waals surface area (Å²) in [7, 11) is 0. The molecule has 2 aliphatic rings. The molecule has 25 heavy (non-hydrogen) atoms. The minimum atomic E-state index is -0.510. The number of amides is 1. The van der Waals surface area contributed by atoms with Crippen LogP contribution in [0.2, 0.25) is 0 Å². The van der Waals surface area contributed by atoms with Gasteiger partial charge in [-0.25, -0.2) is 4.98 Å². The van der Waals surface area contributed by atoms with Crippen LogP contribution in [-0.4, -0.2) is 43.7 Å². The number of aromatic nitrogens is 1. The molecule has 0 radical (unpaired) electrons. The Balaban J connectivity index is 0.00000156. The van der Waals surface area contributed by atoms with E-state index in [-0.39, 0.29) is 30.7 Å². The van der Waals surface area contributed by atoms with Crippen LogP contribution in [0.5, 0.6) is 0 Å². The Kier molecular flexibility index (Phi) is 8.93. The fraction of sp³-hybridized carbons (Fsp3) is 0.647. The minimum Gasteiger partial charge on any atom is -0.381 e. The minimum absolute atomic E-state index is 0. The van der Waals surface area contributed by atoms with E-state index < -0.39 is 5.41 Å². The normalized spacial score (nSPS) is 19.3. The first kappa shape index (κ1) is 22.0. The van der Waals surface area contributed by atoms with E-state index in [4.69, 9.17) is 10.5 Å². The second kappa shape index (κ2) is 10.2. The van der Waals surface area contributed by atoms with Gasteiger partial charge < -0.3 is 20.7 Å². The van der Waals surface area contributed by atoms with Gasteiger partial charge in [-0.05, 0) is 44.2 Å². The lowest BCUT2D eigenvalue weighted by Crippen LogP contribution is -2.46. The Bertz CT molecular complexity index is 530. The predicted octanol–water partition coefficient (Wildman–Crippen LogP) is 2.61. The van der Waals surface area contributed by atoms with E-state index in [1.54, 1.807) is 6.20 Å². The number of nitrogens with one attached hydrogen (secondary N) is 1. The van der Waals surface area contributed by atoms with Crippen LogP contribution >= 0.6 is 24.8 Å². The first-order chi connectivity index (χ1) is 11.2. The number of halogens is 2. The zero-order valence-corrected chi connectivity index (χ0v) is 16.0. The van der Waals surface area contributed by atoms with Crippen molar-refractivity contribution in [3.8, 4) is 0 Å². The van der Waals surface area contributed by atoms with Crippen molar-refractivity contribution in [2.24, 2.45) is 11.1 Å². The third-order valence-electron chi connectivity index (χ3n) is 5.01. The molecule has 0 bridgehead atoms. The molecule has 0 atom stereocenters. The second-order valence-corrected chi connectivity index (χ2v) is 6.50. The van der Waals surface area contributed by atoms with Crippen molar-refractivity contribution in [1.29, 1.82) is 0 Å². The molecule has 6 nitrogen and oxygen atoms in total. The molecule has 2 aliphatic heterocycles. The van der Waals surface area contributed by atoms with Crippen molar-refractivity contribution in [3.05, 3.63) is 18.3 Å². The van der Waals surface area contributed by atoms with E-state index in [1.165, 1.54) is 19.3 Å². The van der Waals surface area contributed by atoms with E-state index in [0.717, 1.165) is 24.6 Å². The fourth-order valence-corrected chi connectivity index (χ4v) is 3.32. The Morgan fingerprint density at radius 3 is 2.44 bits per heavy atom. The van der Waals surface area contributed by atoms with E-state index in [2.05, 4.69) is 15.2 Å². The van der Waals surface area contributed by atoms with Gasteiger partial charge in [-0.15, -0.1) is 24.8 Å². The van der Waals surface area contributed by atoms with Crippen molar-refractivity contribution in [1.82, 2.24) is 4.98 Å². The molecule has 3 heterocycles. The highest BCUT2D eigenvalue weighted by molar-refractivity contribution is 5.95.